The van der Waals surface area contributed by atoms with Gasteiger partial charge >= 0.3 is 6.03 Å². The molecule has 0 spiro atoms. The number of anilines is 3. The Kier molecular flexibility index (Phi) is 6.53. The molecule has 5 nitrogen and oxygen atoms in total. The van der Waals surface area contributed by atoms with Gasteiger partial charge in [-0.3, -0.25) is 4.79 Å². The number of hydrogen-bond acceptors (Lipinski definition) is 3. The van der Waals surface area contributed by atoms with Crippen LogP contribution in [0.15, 0.2) is 94.7 Å². The average molecular weight is 494 g/mol. The number of urea groups is 1. The van der Waals surface area contributed by atoms with E-state index >= 15 is 0 Å². The first kappa shape index (κ1) is 23.7. The van der Waals surface area contributed by atoms with Crippen molar-refractivity contribution in [3.8, 4) is 0 Å². The van der Waals surface area contributed by atoms with E-state index in [0.29, 0.717) is 17.8 Å². The summed E-state index contributed by atoms with van der Waals surface area (Å²) >= 11 is 1.57. The molecule has 4 aromatic rings. The molecule has 0 aliphatic carbocycles. The van der Waals surface area contributed by atoms with E-state index in [-0.39, 0.29) is 11.9 Å². The van der Waals surface area contributed by atoms with E-state index in [1.807, 2.05) is 106 Å². The van der Waals surface area contributed by atoms with Gasteiger partial charge in [-0.15, -0.1) is 0 Å². The number of carbonyl (C=O) groups excluding carboxylic acids is 2. The molecular weight excluding hydrogens is 466 g/mol. The minimum Gasteiger partial charge on any atom is -0.308 e. The first-order chi connectivity index (χ1) is 17.4. The van der Waals surface area contributed by atoms with E-state index in [9.17, 15) is 9.59 Å². The molecule has 1 aliphatic heterocycles. The second kappa shape index (κ2) is 9.91. The van der Waals surface area contributed by atoms with E-state index in [2.05, 4.69) is 10.6 Å². The fourth-order valence-electron chi connectivity index (χ4n) is 4.57. The Hall–Kier alpha value is -4.03. The molecule has 3 amide bonds. The Morgan fingerprint density at radius 3 is 2.25 bits per heavy atom. The third kappa shape index (κ3) is 4.86. The lowest BCUT2D eigenvalue weighted by Gasteiger charge is -2.24. The van der Waals surface area contributed by atoms with Gasteiger partial charge in [0.05, 0.1) is 17.8 Å². The van der Waals surface area contributed by atoms with Crippen molar-refractivity contribution in [2.24, 2.45) is 0 Å². The summed E-state index contributed by atoms with van der Waals surface area (Å²) in [6.07, 6.45) is 0. The number of carbonyl (C=O) groups is 2. The van der Waals surface area contributed by atoms with Crippen molar-refractivity contribution in [3.63, 3.8) is 0 Å². The maximum atomic E-state index is 13.7. The van der Waals surface area contributed by atoms with Gasteiger partial charge in [-0.05, 0) is 67.8 Å². The van der Waals surface area contributed by atoms with Crippen LogP contribution in [-0.4, -0.2) is 11.9 Å². The highest BCUT2D eigenvalue weighted by molar-refractivity contribution is 7.99. The van der Waals surface area contributed by atoms with Crippen LogP contribution in [-0.2, 0) is 6.54 Å². The highest BCUT2D eigenvalue weighted by Crippen LogP contribution is 2.43. The van der Waals surface area contributed by atoms with E-state index in [4.69, 9.17) is 0 Å². The van der Waals surface area contributed by atoms with Crippen LogP contribution < -0.4 is 15.5 Å². The van der Waals surface area contributed by atoms with Crippen molar-refractivity contribution < 1.29 is 9.59 Å². The van der Waals surface area contributed by atoms with Gasteiger partial charge in [-0.25, -0.2) is 4.79 Å². The minimum atomic E-state index is -0.324. The summed E-state index contributed by atoms with van der Waals surface area (Å²) in [4.78, 5) is 30.3. The zero-order chi connectivity index (χ0) is 25.2. The summed E-state index contributed by atoms with van der Waals surface area (Å²) in [7, 11) is 0. The van der Waals surface area contributed by atoms with Gasteiger partial charge in [0, 0.05) is 21.2 Å². The van der Waals surface area contributed by atoms with Gasteiger partial charge in [0.2, 0.25) is 0 Å². The average Bonchev–Trinajstić information content (AvgIpc) is 2.97. The van der Waals surface area contributed by atoms with E-state index < -0.39 is 0 Å². The normalized spacial score (nSPS) is 12.4. The van der Waals surface area contributed by atoms with Crippen LogP contribution >= 0.6 is 11.8 Å². The smallest absolute Gasteiger partial charge is 0.308 e. The number of rotatable bonds is 4. The molecule has 0 radical (unpaired) electrons. The molecule has 0 aromatic heterocycles. The monoisotopic (exact) mass is 493 g/mol. The van der Waals surface area contributed by atoms with Gasteiger partial charge in [-0.1, -0.05) is 71.9 Å². The lowest BCUT2D eigenvalue weighted by atomic mass is 10.1. The van der Waals surface area contributed by atoms with Crippen LogP contribution in [0.5, 0.6) is 0 Å². The fraction of sp³-hybridized carbons (Fsp3) is 0.133. The number of amides is 3. The number of benzene rings is 4. The largest absolute Gasteiger partial charge is 0.323 e. The summed E-state index contributed by atoms with van der Waals surface area (Å²) in [6.45, 7) is 6.44. The molecule has 6 heteroatoms. The molecule has 0 saturated heterocycles. The highest BCUT2D eigenvalue weighted by atomic mass is 32.2. The molecular formula is C30H27N3O2S. The second-order valence-electron chi connectivity index (χ2n) is 9.01. The topological polar surface area (TPSA) is 61.4 Å². The van der Waals surface area contributed by atoms with E-state index in [0.717, 1.165) is 43.4 Å². The summed E-state index contributed by atoms with van der Waals surface area (Å²) in [5, 5.41) is 5.94. The first-order valence-corrected chi connectivity index (χ1v) is 12.6. The lowest BCUT2D eigenvalue weighted by Crippen LogP contribution is -2.30. The SMILES string of the molecule is Cc1cc(C)c(NC(=O)Nc2ccc3c(c2)N(Cc2ccccc2)C(=O)c2ccccc2S3)c(C)c1. The zero-order valence-electron chi connectivity index (χ0n) is 20.5. The van der Waals surface area contributed by atoms with Crippen molar-refractivity contribution in [2.75, 3.05) is 15.5 Å². The third-order valence-corrected chi connectivity index (χ3v) is 7.33. The molecule has 0 unspecified atom stereocenters. The Morgan fingerprint density at radius 2 is 1.50 bits per heavy atom. The molecule has 36 heavy (non-hydrogen) atoms. The summed E-state index contributed by atoms with van der Waals surface area (Å²) in [6, 6.07) is 27.1. The van der Waals surface area contributed by atoms with Crippen LogP contribution in [0.2, 0.25) is 0 Å². The Bertz CT molecular complexity index is 1440. The molecule has 4 aromatic carbocycles. The van der Waals surface area contributed by atoms with Crippen LogP contribution in [0.1, 0.15) is 32.6 Å². The van der Waals surface area contributed by atoms with Crippen LogP contribution in [0.4, 0.5) is 21.9 Å². The summed E-state index contributed by atoms with van der Waals surface area (Å²) in [5.41, 5.74) is 7.08. The summed E-state index contributed by atoms with van der Waals surface area (Å²) in [5.74, 6) is -0.0618. The maximum Gasteiger partial charge on any atom is 0.323 e. The fourth-order valence-corrected chi connectivity index (χ4v) is 5.63. The lowest BCUT2D eigenvalue weighted by molar-refractivity contribution is 0.0982. The molecule has 0 fully saturated rings. The number of nitrogens with zero attached hydrogens (tertiary/aromatic N) is 1. The number of fused-ring (bicyclic) bond motifs is 2. The maximum absolute atomic E-state index is 13.7. The van der Waals surface area contributed by atoms with E-state index in [1.54, 1.807) is 16.7 Å². The molecule has 5 rings (SSSR count). The van der Waals surface area contributed by atoms with Crippen LogP contribution in [0.3, 0.4) is 0 Å². The van der Waals surface area contributed by atoms with Gasteiger partial charge in [-0.2, -0.15) is 0 Å². The number of hydrogen-bond donors (Lipinski definition) is 2. The van der Waals surface area contributed by atoms with Gasteiger partial charge in [0.25, 0.3) is 5.91 Å². The second-order valence-corrected chi connectivity index (χ2v) is 10.1. The predicted octanol–water partition coefficient (Wildman–Crippen LogP) is 7.57. The Balaban J connectivity index is 1.47. The first-order valence-electron chi connectivity index (χ1n) is 11.8. The third-order valence-electron chi connectivity index (χ3n) is 6.19. The van der Waals surface area contributed by atoms with Crippen molar-refractivity contribution >= 4 is 40.8 Å². The van der Waals surface area contributed by atoms with Crippen molar-refractivity contribution in [2.45, 2.75) is 37.1 Å². The van der Waals surface area contributed by atoms with Crippen molar-refractivity contribution in [1.29, 1.82) is 0 Å². The molecule has 0 saturated carbocycles. The molecule has 180 valence electrons. The number of aryl methyl sites for hydroxylation is 3. The molecule has 1 aliphatic rings. The minimum absolute atomic E-state index is 0.0618. The molecule has 2 N–H and O–H groups in total. The van der Waals surface area contributed by atoms with Gasteiger partial charge in [0.15, 0.2) is 0 Å². The Morgan fingerprint density at radius 1 is 0.806 bits per heavy atom. The van der Waals surface area contributed by atoms with E-state index in [1.165, 1.54) is 0 Å². The van der Waals surface area contributed by atoms with Crippen molar-refractivity contribution in [3.05, 3.63) is 113 Å². The Labute approximate surface area is 215 Å². The zero-order valence-corrected chi connectivity index (χ0v) is 21.3. The quantitative estimate of drug-likeness (QED) is 0.308. The van der Waals surface area contributed by atoms with Gasteiger partial charge in [0.1, 0.15) is 0 Å². The van der Waals surface area contributed by atoms with Crippen LogP contribution in [0.25, 0.3) is 0 Å². The van der Waals surface area contributed by atoms with Crippen molar-refractivity contribution in [1.82, 2.24) is 0 Å². The summed E-state index contributed by atoms with van der Waals surface area (Å²) < 4.78 is 0. The highest BCUT2D eigenvalue weighted by Gasteiger charge is 2.27. The molecule has 0 atom stereocenters. The standard InChI is InChI=1S/C30H27N3O2S/c1-19-15-20(2)28(21(3)16-19)32-30(35)31-23-13-14-27-25(17-23)33(18-22-9-5-4-6-10-22)29(34)24-11-7-8-12-26(24)36-27/h4-17H,18H2,1-3H3,(H2,31,32,35). The number of nitrogens with one attached hydrogen (secondary N) is 2. The molecule has 1 heterocycles. The van der Waals surface area contributed by atoms with Gasteiger partial charge < -0.3 is 15.5 Å². The predicted molar refractivity (Wildman–Crippen MR) is 147 cm³/mol. The molecule has 0 bridgehead atoms. The van der Waals surface area contributed by atoms with Crippen LogP contribution in [0, 0.1) is 20.8 Å².